The van der Waals surface area contributed by atoms with Crippen LogP contribution in [0.1, 0.15) is 98.2 Å². The number of unbranched alkanes of at least 4 members (excludes halogenated alkanes) is 3. The van der Waals surface area contributed by atoms with Crippen LogP contribution in [0, 0.1) is 11.3 Å². The Morgan fingerprint density at radius 2 is 1.52 bits per heavy atom. The van der Waals surface area contributed by atoms with Gasteiger partial charge in [-0.15, -0.1) is 0 Å². The fourth-order valence-electron chi connectivity index (χ4n) is 4.36. The van der Waals surface area contributed by atoms with E-state index < -0.39 is 18.4 Å². The number of rotatable bonds is 14. The van der Waals surface area contributed by atoms with Crippen molar-refractivity contribution < 1.29 is 14.2 Å². The van der Waals surface area contributed by atoms with Crippen molar-refractivity contribution in [3.05, 3.63) is 10.9 Å². The van der Waals surface area contributed by atoms with E-state index in [9.17, 15) is 0 Å². The second-order valence-corrected chi connectivity index (χ2v) is 25.9. The van der Waals surface area contributed by atoms with Gasteiger partial charge in [-0.2, -0.15) is 0 Å². The summed E-state index contributed by atoms with van der Waals surface area (Å²) >= 11 is -0.594. The zero-order valence-corrected chi connectivity index (χ0v) is 25.0. The summed E-state index contributed by atoms with van der Waals surface area (Å²) in [5.74, 6) is 1.72. The standard InChI is InChI=1S/C14H21O3S.3C4H9.Sn/c1-10(2)6-15-11-5-12(18-7-11)13-16-8-14(3,4)9-17-13;3*1-3-4-2;/h5,10,13H,6,8-9H2,1-4H3;3*1,3-4H2,2H3;. The summed E-state index contributed by atoms with van der Waals surface area (Å²) in [7, 11) is 0. The monoisotopic (exact) mass is 560 g/mol. The molecular weight excluding hydrogens is 511 g/mol. The van der Waals surface area contributed by atoms with Crippen LogP contribution < -0.4 is 7.63 Å². The molecule has 1 aromatic heterocycles. The van der Waals surface area contributed by atoms with Crippen molar-refractivity contribution in [1.29, 1.82) is 0 Å². The SMILES string of the molecule is CCC[CH2][Sn]([CH2]CCC)([CH2]CCC)[c]1sc(C2OCC(C)(C)CO2)cc1OCC(C)C. The average molecular weight is 559 g/mol. The van der Waals surface area contributed by atoms with Crippen LogP contribution in [0.4, 0.5) is 0 Å². The Kier molecular flexibility index (Phi) is 11.7. The van der Waals surface area contributed by atoms with E-state index in [1.54, 1.807) is 2.89 Å². The van der Waals surface area contributed by atoms with Crippen LogP contribution in [-0.4, -0.2) is 38.2 Å². The summed E-state index contributed by atoms with van der Waals surface area (Å²) in [4.78, 5) is 1.23. The molecule has 1 aliphatic rings. The molecule has 1 aliphatic heterocycles. The molecule has 0 atom stereocenters. The van der Waals surface area contributed by atoms with Crippen LogP contribution in [0.15, 0.2) is 6.07 Å². The van der Waals surface area contributed by atoms with Crippen LogP contribution >= 0.6 is 11.3 Å². The van der Waals surface area contributed by atoms with Gasteiger partial charge in [0, 0.05) is 0 Å². The van der Waals surface area contributed by atoms with Gasteiger partial charge in [0.05, 0.1) is 0 Å². The molecule has 5 heteroatoms. The van der Waals surface area contributed by atoms with E-state index in [1.165, 1.54) is 62.5 Å². The molecule has 0 amide bonds. The van der Waals surface area contributed by atoms with Crippen molar-refractivity contribution >= 4 is 32.6 Å². The molecule has 0 aromatic carbocycles. The van der Waals surface area contributed by atoms with E-state index in [0.29, 0.717) is 5.92 Å². The first kappa shape index (κ1) is 27.5. The van der Waals surface area contributed by atoms with Crippen LogP contribution in [0.3, 0.4) is 0 Å². The third-order valence-electron chi connectivity index (χ3n) is 6.28. The maximum atomic E-state index is 6.51. The molecule has 2 heterocycles. The summed E-state index contributed by atoms with van der Waals surface area (Å²) in [5.41, 5.74) is 0.0972. The van der Waals surface area contributed by atoms with E-state index in [2.05, 4.69) is 54.5 Å². The number of hydrogen-bond donors (Lipinski definition) is 0. The van der Waals surface area contributed by atoms with E-state index in [0.717, 1.165) is 19.8 Å². The Bertz CT molecular complexity index is 609. The predicted molar refractivity (Wildman–Crippen MR) is 138 cm³/mol. The van der Waals surface area contributed by atoms with Crippen molar-refractivity contribution in [2.75, 3.05) is 19.8 Å². The summed E-state index contributed by atoms with van der Waals surface area (Å²) in [5, 5.41) is 0. The molecule has 0 saturated carbocycles. The first-order chi connectivity index (χ1) is 14.8. The van der Waals surface area contributed by atoms with Gasteiger partial charge in [0.2, 0.25) is 0 Å². The fourth-order valence-corrected chi connectivity index (χ4v) is 25.2. The number of thiophene rings is 1. The molecule has 31 heavy (non-hydrogen) atoms. The van der Waals surface area contributed by atoms with Crippen molar-refractivity contribution in [2.45, 2.75) is 107 Å². The molecular formula is C26H48O3SSn. The van der Waals surface area contributed by atoms with Crippen LogP contribution in [0.2, 0.25) is 13.3 Å². The Morgan fingerprint density at radius 3 is 1.97 bits per heavy atom. The molecule has 1 fully saturated rings. The van der Waals surface area contributed by atoms with Gasteiger partial charge in [0.15, 0.2) is 0 Å². The fraction of sp³-hybridized carbons (Fsp3) is 0.846. The topological polar surface area (TPSA) is 27.7 Å². The zero-order valence-electron chi connectivity index (χ0n) is 21.4. The van der Waals surface area contributed by atoms with Gasteiger partial charge in [-0.05, 0) is 0 Å². The summed E-state index contributed by atoms with van der Waals surface area (Å²) in [6.07, 6.45) is 7.76. The Labute approximate surface area is 200 Å². The van der Waals surface area contributed by atoms with Gasteiger partial charge in [-0.3, -0.25) is 0 Å². The second kappa shape index (κ2) is 13.2. The molecule has 0 N–H and O–H groups in total. The van der Waals surface area contributed by atoms with Crippen LogP contribution in [-0.2, 0) is 9.47 Å². The minimum absolute atomic E-state index is 0.0972. The third-order valence-corrected chi connectivity index (χ3v) is 25.7. The molecule has 0 aliphatic carbocycles. The summed E-state index contributed by atoms with van der Waals surface area (Å²) in [6.45, 7) is 18.2. The van der Waals surface area contributed by atoms with Crippen LogP contribution in [0.25, 0.3) is 0 Å². The molecule has 0 bridgehead atoms. The van der Waals surface area contributed by atoms with Gasteiger partial charge in [0.25, 0.3) is 0 Å². The van der Waals surface area contributed by atoms with Gasteiger partial charge in [-0.1, -0.05) is 0 Å². The molecule has 1 aromatic rings. The molecule has 1 saturated heterocycles. The second-order valence-electron chi connectivity index (χ2n) is 10.8. The summed E-state index contributed by atoms with van der Waals surface area (Å²) in [6, 6.07) is 2.29. The predicted octanol–water partition coefficient (Wildman–Crippen LogP) is 7.91. The van der Waals surface area contributed by atoms with Gasteiger partial charge >= 0.3 is 201 Å². The number of ether oxygens (including phenoxy) is 3. The van der Waals surface area contributed by atoms with Crippen molar-refractivity contribution in [2.24, 2.45) is 11.3 Å². The normalized spacial score (nSPS) is 17.4. The Balaban J connectivity index is 2.43. The molecule has 180 valence electrons. The Hall–Kier alpha value is 0.219. The number of hydrogen-bond acceptors (Lipinski definition) is 4. The quantitative estimate of drug-likeness (QED) is 0.217. The van der Waals surface area contributed by atoms with Crippen molar-refractivity contribution in [3.63, 3.8) is 0 Å². The molecule has 2 rings (SSSR count). The average Bonchev–Trinajstić information content (AvgIpc) is 3.17. The van der Waals surface area contributed by atoms with Crippen molar-refractivity contribution in [3.8, 4) is 5.75 Å². The van der Waals surface area contributed by atoms with E-state index >= 15 is 0 Å². The van der Waals surface area contributed by atoms with E-state index in [4.69, 9.17) is 14.2 Å². The molecule has 0 unspecified atom stereocenters. The zero-order chi connectivity index (χ0) is 22.9. The van der Waals surface area contributed by atoms with E-state index in [-0.39, 0.29) is 11.7 Å². The Morgan fingerprint density at radius 1 is 1.00 bits per heavy atom. The van der Waals surface area contributed by atoms with Gasteiger partial charge < -0.3 is 0 Å². The van der Waals surface area contributed by atoms with Gasteiger partial charge in [0.1, 0.15) is 0 Å². The maximum absolute atomic E-state index is 6.51. The van der Waals surface area contributed by atoms with Gasteiger partial charge in [-0.25, -0.2) is 0 Å². The van der Waals surface area contributed by atoms with E-state index in [1.807, 2.05) is 11.3 Å². The third kappa shape index (κ3) is 8.19. The minimum atomic E-state index is -2.59. The van der Waals surface area contributed by atoms with Crippen molar-refractivity contribution in [1.82, 2.24) is 0 Å². The molecule has 0 radical (unpaired) electrons. The molecule has 3 nitrogen and oxygen atoms in total. The van der Waals surface area contributed by atoms with Crippen LogP contribution in [0.5, 0.6) is 5.75 Å². The summed E-state index contributed by atoms with van der Waals surface area (Å²) < 4.78 is 24.9. The first-order valence-electron chi connectivity index (χ1n) is 12.8. The first-order valence-corrected chi connectivity index (χ1v) is 21.1. The molecule has 0 spiro atoms.